The summed E-state index contributed by atoms with van der Waals surface area (Å²) >= 11 is 0. The van der Waals surface area contributed by atoms with Crippen molar-refractivity contribution in [3.63, 3.8) is 0 Å². The second kappa shape index (κ2) is 4.36. The molecule has 2 aliphatic rings. The summed E-state index contributed by atoms with van der Waals surface area (Å²) in [4.78, 5) is 2.29. The van der Waals surface area contributed by atoms with Crippen LogP contribution in [0.5, 0.6) is 0 Å². The number of rotatable bonds is 2. The minimum atomic E-state index is -0.372. The van der Waals surface area contributed by atoms with Crippen LogP contribution in [0, 0.1) is 6.92 Å². The first kappa shape index (κ1) is 11.1. The molecule has 2 fully saturated rings. The summed E-state index contributed by atoms with van der Waals surface area (Å²) in [5.74, 6) is -0.372. The van der Waals surface area contributed by atoms with E-state index in [-0.39, 0.29) is 5.79 Å². The van der Waals surface area contributed by atoms with Crippen molar-refractivity contribution >= 4 is 0 Å². The molecule has 0 N–H and O–H groups in total. The third kappa shape index (κ3) is 2.20. The molecule has 6 heteroatoms. The van der Waals surface area contributed by atoms with Crippen LogP contribution in [0.2, 0.25) is 0 Å². The average Bonchev–Trinajstić information content (AvgIpc) is 2.91. The molecule has 0 aliphatic carbocycles. The lowest BCUT2D eigenvalue weighted by atomic mass is 10.0. The Kier molecular flexibility index (Phi) is 2.85. The predicted octanol–water partition coefficient (Wildman–Crippen LogP) is 0.717. The fourth-order valence-corrected chi connectivity index (χ4v) is 2.54. The van der Waals surface area contributed by atoms with E-state index in [2.05, 4.69) is 15.2 Å². The number of piperidine rings is 1. The minimum absolute atomic E-state index is 0.372. The molecule has 3 rings (SSSR count). The molecule has 0 aromatic carbocycles. The molecule has 0 amide bonds. The lowest BCUT2D eigenvalue weighted by Gasteiger charge is -2.38. The topological polar surface area (TPSA) is 60.6 Å². The molecule has 0 atom stereocenters. The number of nitrogens with zero attached hydrogens (tertiary/aromatic N) is 3. The summed E-state index contributed by atoms with van der Waals surface area (Å²) in [6, 6.07) is 0. The highest BCUT2D eigenvalue weighted by Crippen LogP contribution is 2.30. The van der Waals surface area contributed by atoms with Gasteiger partial charge in [-0.15, -0.1) is 0 Å². The number of ether oxygens (including phenoxy) is 2. The zero-order valence-corrected chi connectivity index (χ0v) is 10.0. The molecule has 2 saturated heterocycles. The fourth-order valence-electron chi connectivity index (χ4n) is 2.54. The van der Waals surface area contributed by atoms with Gasteiger partial charge in [0.25, 0.3) is 0 Å². The van der Waals surface area contributed by atoms with Crippen molar-refractivity contribution < 1.29 is 14.1 Å². The lowest BCUT2D eigenvalue weighted by molar-refractivity contribution is -0.190. The van der Waals surface area contributed by atoms with Crippen LogP contribution in [0.25, 0.3) is 0 Å². The summed E-state index contributed by atoms with van der Waals surface area (Å²) in [6.45, 7) is 5.93. The van der Waals surface area contributed by atoms with Gasteiger partial charge in [0, 0.05) is 13.0 Å². The monoisotopic (exact) mass is 239 g/mol. The Morgan fingerprint density at radius 2 is 2.12 bits per heavy atom. The van der Waals surface area contributed by atoms with Gasteiger partial charge in [-0.25, -0.2) is 4.63 Å². The maximum Gasteiger partial charge on any atom is 0.181 e. The first-order chi connectivity index (χ1) is 8.27. The van der Waals surface area contributed by atoms with Crippen LogP contribution in [-0.2, 0) is 16.0 Å². The number of aromatic nitrogens is 2. The van der Waals surface area contributed by atoms with Gasteiger partial charge >= 0.3 is 0 Å². The number of aryl methyl sites for hydroxylation is 1. The van der Waals surface area contributed by atoms with Crippen LogP contribution in [0.3, 0.4) is 0 Å². The van der Waals surface area contributed by atoms with Gasteiger partial charge in [-0.3, -0.25) is 4.90 Å². The van der Waals surface area contributed by atoms with Crippen LogP contribution in [0.15, 0.2) is 4.63 Å². The number of likely N-dealkylation sites (tertiary alicyclic amines) is 1. The lowest BCUT2D eigenvalue weighted by Crippen LogP contribution is -2.48. The fraction of sp³-hybridized carbons (Fsp3) is 0.818. The molecule has 0 bridgehead atoms. The quantitative estimate of drug-likeness (QED) is 0.757. The zero-order valence-electron chi connectivity index (χ0n) is 10.0. The Bertz CT molecular complexity index is 387. The molecule has 0 radical (unpaired) electrons. The third-order valence-electron chi connectivity index (χ3n) is 3.43. The van der Waals surface area contributed by atoms with E-state index in [9.17, 15) is 0 Å². The Balaban J connectivity index is 1.66. The highest BCUT2D eigenvalue weighted by atomic mass is 16.7. The van der Waals surface area contributed by atoms with E-state index in [1.165, 1.54) is 0 Å². The molecule has 6 nitrogen and oxygen atoms in total. The Morgan fingerprint density at radius 1 is 1.29 bits per heavy atom. The van der Waals surface area contributed by atoms with Gasteiger partial charge in [-0.2, -0.15) is 0 Å². The van der Waals surface area contributed by atoms with E-state index in [0.29, 0.717) is 13.2 Å². The average molecular weight is 239 g/mol. The smallest absolute Gasteiger partial charge is 0.181 e. The first-order valence-electron chi connectivity index (χ1n) is 6.06. The van der Waals surface area contributed by atoms with Crippen molar-refractivity contribution in [1.29, 1.82) is 0 Å². The van der Waals surface area contributed by atoms with Gasteiger partial charge in [0.05, 0.1) is 19.8 Å². The summed E-state index contributed by atoms with van der Waals surface area (Å²) in [6.07, 6.45) is 2.07. The molecular formula is C11H17N3O3. The molecule has 1 aromatic rings. The Hall–Kier alpha value is -0.980. The molecule has 3 heterocycles. The molecule has 2 aliphatic heterocycles. The van der Waals surface area contributed by atoms with E-state index < -0.39 is 0 Å². The van der Waals surface area contributed by atoms with Gasteiger partial charge in [0.1, 0.15) is 11.4 Å². The molecule has 1 aromatic heterocycles. The first-order valence-corrected chi connectivity index (χ1v) is 6.06. The standard InChI is InChI=1S/C11H17N3O3/c1-9-10(13-17-12-9)7-14-4-2-3-11(8-14)15-5-6-16-11/h2-8H2,1H3. The highest BCUT2D eigenvalue weighted by molar-refractivity contribution is 5.04. The Morgan fingerprint density at radius 3 is 2.82 bits per heavy atom. The van der Waals surface area contributed by atoms with E-state index in [4.69, 9.17) is 14.1 Å². The summed E-state index contributed by atoms with van der Waals surface area (Å²) in [5.41, 5.74) is 1.76. The van der Waals surface area contributed by atoms with Crippen LogP contribution < -0.4 is 0 Å². The maximum absolute atomic E-state index is 5.74. The van der Waals surface area contributed by atoms with Gasteiger partial charge < -0.3 is 9.47 Å². The summed E-state index contributed by atoms with van der Waals surface area (Å²) in [7, 11) is 0. The van der Waals surface area contributed by atoms with Crippen molar-refractivity contribution in [2.75, 3.05) is 26.3 Å². The third-order valence-corrected chi connectivity index (χ3v) is 3.43. The van der Waals surface area contributed by atoms with E-state index in [1.807, 2.05) is 6.92 Å². The van der Waals surface area contributed by atoms with Crippen molar-refractivity contribution in [3.8, 4) is 0 Å². The van der Waals surface area contributed by atoms with Crippen molar-refractivity contribution in [2.45, 2.75) is 32.1 Å². The molecule has 0 unspecified atom stereocenters. The van der Waals surface area contributed by atoms with E-state index in [0.717, 1.165) is 43.9 Å². The number of hydrogen-bond acceptors (Lipinski definition) is 6. The van der Waals surface area contributed by atoms with Crippen LogP contribution in [-0.4, -0.2) is 47.3 Å². The molecular weight excluding hydrogens is 222 g/mol. The van der Waals surface area contributed by atoms with Crippen molar-refractivity contribution in [1.82, 2.24) is 15.2 Å². The Labute approximate surface area is 99.8 Å². The van der Waals surface area contributed by atoms with Crippen molar-refractivity contribution in [2.24, 2.45) is 0 Å². The number of hydrogen-bond donors (Lipinski definition) is 0. The predicted molar refractivity (Wildman–Crippen MR) is 58.2 cm³/mol. The highest BCUT2D eigenvalue weighted by Gasteiger charge is 2.40. The second-order valence-corrected chi connectivity index (χ2v) is 4.72. The van der Waals surface area contributed by atoms with E-state index >= 15 is 0 Å². The van der Waals surface area contributed by atoms with Gasteiger partial charge in [0.15, 0.2) is 5.79 Å². The molecule has 17 heavy (non-hydrogen) atoms. The van der Waals surface area contributed by atoms with Crippen molar-refractivity contribution in [3.05, 3.63) is 11.4 Å². The normalized spacial score (nSPS) is 24.5. The summed E-state index contributed by atoms with van der Waals surface area (Å²) in [5, 5.41) is 7.71. The zero-order chi connectivity index (χ0) is 11.7. The molecule has 94 valence electrons. The van der Waals surface area contributed by atoms with Crippen LogP contribution >= 0.6 is 0 Å². The van der Waals surface area contributed by atoms with Gasteiger partial charge in [-0.05, 0) is 19.9 Å². The summed E-state index contributed by atoms with van der Waals surface area (Å²) < 4.78 is 16.2. The largest absolute Gasteiger partial charge is 0.346 e. The van der Waals surface area contributed by atoms with Crippen LogP contribution in [0.1, 0.15) is 24.2 Å². The SMILES string of the molecule is Cc1nonc1CN1CCCC2(C1)OCCO2. The maximum atomic E-state index is 5.74. The van der Waals surface area contributed by atoms with Crippen LogP contribution in [0.4, 0.5) is 0 Å². The van der Waals surface area contributed by atoms with E-state index in [1.54, 1.807) is 0 Å². The minimum Gasteiger partial charge on any atom is -0.346 e. The van der Waals surface area contributed by atoms with Gasteiger partial charge in [0.2, 0.25) is 0 Å². The molecule has 1 spiro atoms. The van der Waals surface area contributed by atoms with Gasteiger partial charge in [-0.1, -0.05) is 10.3 Å². The molecule has 0 saturated carbocycles. The second-order valence-electron chi connectivity index (χ2n) is 4.72.